The van der Waals surface area contributed by atoms with E-state index in [0.29, 0.717) is 10.2 Å². The van der Waals surface area contributed by atoms with Crippen molar-refractivity contribution < 1.29 is 19.5 Å². The Labute approximate surface area is 86.4 Å². The average molecular weight is 296 g/mol. The SMILES string of the molecule is I.N#C[SiH3].[CH3-].[CH3-].[CH3-].[Zn]. The largest absolute Gasteiger partial charge is 0.358 e. The molecule has 0 radical (unpaired) electrons. The van der Waals surface area contributed by atoms with Crippen molar-refractivity contribution in [1.82, 2.24) is 0 Å². The van der Waals surface area contributed by atoms with E-state index in [1.807, 2.05) is 5.69 Å². The summed E-state index contributed by atoms with van der Waals surface area (Å²) in [5, 5.41) is 7.38. The molecular formula is C4H13INSiZn-3. The number of halogens is 1. The van der Waals surface area contributed by atoms with Crippen LogP contribution >= 0.6 is 24.0 Å². The van der Waals surface area contributed by atoms with Crippen LogP contribution in [0.3, 0.4) is 0 Å². The smallest absolute Gasteiger partial charge is 0.126 e. The molecule has 0 N–H and O–H groups in total. The molecule has 0 aliphatic carbocycles. The molecule has 0 heterocycles. The van der Waals surface area contributed by atoms with E-state index in [2.05, 4.69) is 0 Å². The first-order chi connectivity index (χ1) is 1.41. The summed E-state index contributed by atoms with van der Waals surface area (Å²) in [7, 11) is 0.674. The third-order valence-corrected chi connectivity index (χ3v) is 0. The van der Waals surface area contributed by atoms with Crippen LogP contribution in [-0.4, -0.2) is 10.2 Å². The number of rotatable bonds is 0. The fourth-order valence-corrected chi connectivity index (χ4v) is 0. The number of nitriles is 1. The molecule has 0 atom stereocenters. The predicted molar refractivity (Wildman–Crippen MR) is 50.2 cm³/mol. The molecule has 0 saturated heterocycles. The van der Waals surface area contributed by atoms with E-state index in [0.717, 1.165) is 0 Å². The molecule has 0 aliphatic rings. The summed E-state index contributed by atoms with van der Waals surface area (Å²) in [5.74, 6) is 0. The van der Waals surface area contributed by atoms with Gasteiger partial charge in [0.25, 0.3) is 0 Å². The Bertz CT molecular complexity index is 37.5. The second-order valence-corrected chi connectivity index (χ2v) is 0.671. The van der Waals surface area contributed by atoms with Crippen LogP contribution in [0.5, 0.6) is 0 Å². The Morgan fingerprint density at radius 1 is 1.12 bits per heavy atom. The molecule has 0 rings (SSSR count). The molecule has 0 bridgehead atoms. The third kappa shape index (κ3) is 231. The first kappa shape index (κ1) is 62.9. The Balaban J connectivity index is -0.00000000200. The van der Waals surface area contributed by atoms with Crippen LogP contribution in [0.25, 0.3) is 0 Å². The van der Waals surface area contributed by atoms with Crippen LogP contribution in [0.15, 0.2) is 0 Å². The van der Waals surface area contributed by atoms with Crippen LogP contribution in [-0.2, 0) is 19.5 Å². The zero-order valence-electron chi connectivity index (χ0n) is 6.06. The van der Waals surface area contributed by atoms with Crippen molar-refractivity contribution in [3.8, 4) is 5.69 Å². The Kier molecular flexibility index (Phi) is 744. The van der Waals surface area contributed by atoms with Gasteiger partial charge in [0, 0.05) is 25.2 Å². The molecule has 0 aromatic rings. The van der Waals surface area contributed by atoms with E-state index in [1.54, 1.807) is 0 Å². The van der Waals surface area contributed by atoms with E-state index in [1.165, 1.54) is 0 Å². The van der Waals surface area contributed by atoms with Gasteiger partial charge >= 0.3 is 0 Å². The van der Waals surface area contributed by atoms with Crippen LogP contribution in [0.4, 0.5) is 0 Å². The van der Waals surface area contributed by atoms with Crippen LogP contribution < -0.4 is 0 Å². The minimum atomic E-state index is 0. The Morgan fingerprint density at radius 3 is 1.12 bits per heavy atom. The van der Waals surface area contributed by atoms with Crippen molar-refractivity contribution >= 4 is 34.2 Å². The Hall–Kier alpha value is 1.06. The van der Waals surface area contributed by atoms with Crippen molar-refractivity contribution in [2.75, 3.05) is 0 Å². The molecule has 0 aromatic carbocycles. The second kappa shape index (κ2) is 94.7. The van der Waals surface area contributed by atoms with Gasteiger partial charge in [-0.2, -0.15) is 0 Å². The first-order valence-corrected chi connectivity index (χ1v) is 1.72. The second-order valence-electron chi connectivity index (χ2n) is 0.224. The van der Waals surface area contributed by atoms with Crippen molar-refractivity contribution in [3.05, 3.63) is 22.3 Å². The summed E-state index contributed by atoms with van der Waals surface area (Å²) in [4.78, 5) is 0. The molecule has 0 aliphatic heterocycles. The van der Waals surface area contributed by atoms with Crippen LogP contribution in [0.2, 0.25) is 0 Å². The molecule has 0 aromatic heterocycles. The van der Waals surface area contributed by atoms with Crippen molar-refractivity contribution in [2.45, 2.75) is 0 Å². The predicted octanol–water partition coefficient (Wildman–Crippen LogP) is 0.799. The maximum absolute atomic E-state index is 7.38. The number of nitrogens with zero attached hydrogens (tertiary/aromatic N) is 1. The fraction of sp³-hybridized carbons (Fsp3) is 0. The molecule has 0 saturated carbocycles. The minimum absolute atomic E-state index is 0. The van der Waals surface area contributed by atoms with Gasteiger partial charge in [-0.25, -0.2) is 5.26 Å². The topological polar surface area (TPSA) is 23.8 Å². The van der Waals surface area contributed by atoms with Gasteiger partial charge in [0.15, 0.2) is 0 Å². The number of hydrogen-bond donors (Lipinski definition) is 0. The summed E-state index contributed by atoms with van der Waals surface area (Å²) in [6.45, 7) is 0. The van der Waals surface area contributed by atoms with Gasteiger partial charge in [-0.3, -0.25) is 0 Å². The average Bonchev–Trinajstić information content (AvgIpc) is 0.918. The van der Waals surface area contributed by atoms with Gasteiger partial charge in [-0.05, 0) is 0 Å². The molecule has 1 nitrogen and oxygen atoms in total. The number of hydrogen-bond acceptors (Lipinski definition) is 1. The first-order valence-electron chi connectivity index (χ1n) is 0.724. The zero-order valence-corrected chi connectivity index (χ0v) is 13.4. The molecule has 0 spiro atoms. The summed E-state index contributed by atoms with van der Waals surface area (Å²) >= 11 is 0. The van der Waals surface area contributed by atoms with E-state index < -0.39 is 0 Å². The molecule has 50 valence electrons. The van der Waals surface area contributed by atoms with E-state index in [-0.39, 0.29) is 65.7 Å². The van der Waals surface area contributed by atoms with Gasteiger partial charge in [-0.1, -0.05) is 0 Å². The van der Waals surface area contributed by atoms with E-state index in [4.69, 9.17) is 5.26 Å². The van der Waals surface area contributed by atoms with Crippen LogP contribution in [0.1, 0.15) is 0 Å². The van der Waals surface area contributed by atoms with Gasteiger partial charge in [0.2, 0.25) is 0 Å². The van der Waals surface area contributed by atoms with Gasteiger partial charge in [0.1, 0.15) is 10.2 Å². The standard InChI is InChI=1S/CH3NSi.3CH3.HI.Zn/c2-1-3;;;;;/h3H3;3*1H3;1H;/q;3*-1;;. The molecule has 0 fully saturated rings. The fourth-order valence-electron chi connectivity index (χ4n) is 0. The van der Waals surface area contributed by atoms with Crippen molar-refractivity contribution in [2.24, 2.45) is 0 Å². The Morgan fingerprint density at radius 2 is 1.12 bits per heavy atom. The third-order valence-electron chi connectivity index (χ3n) is 0. The summed E-state index contributed by atoms with van der Waals surface area (Å²) in [6, 6.07) is 0. The minimum Gasteiger partial charge on any atom is -0.358 e. The monoisotopic (exact) mass is 294 g/mol. The van der Waals surface area contributed by atoms with Gasteiger partial charge in [-0.15, -0.1) is 24.0 Å². The van der Waals surface area contributed by atoms with E-state index in [9.17, 15) is 0 Å². The quantitative estimate of drug-likeness (QED) is 0.368. The molecule has 4 heteroatoms. The summed E-state index contributed by atoms with van der Waals surface area (Å²) < 4.78 is 0. The van der Waals surface area contributed by atoms with Crippen molar-refractivity contribution in [3.63, 3.8) is 0 Å². The molecule has 0 amide bonds. The molecular weight excluding hydrogens is 282 g/mol. The maximum atomic E-state index is 7.38. The normalized spacial score (nSPS) is 1.38. The van der Waals surface area contributed by atoms with E-state index >= 15 is 0 Å². The zero-order chi connectivity index (χ0) is 2.71. The van der Waals surface area contributed by atoms with Crippen molar-refractivity contribution in [1.29, 1.82) is 5.26 Å². The molecule has 0 unspecified atom stereocenters. The molecule has 8 heavy (non-hydrogen) atoms. The summed E-state index contributed by atoms with van der Waals surface area (Å²) in [6.07, 6.45) is 0. The van der Waals surface area contributed by atoms with Gasteiger partial charge < -0.3 is 22.3 Å². The summed E-state index contributed by atoms with van der Waals surface area (Å²) in [5.41, 5.74) is 1.89. The van der Waals surface area contributed by atoms with Gasteiger partial charge in [0.05, 0.1) is 0 Å². The maximum Gasteiger partial charge on any atom is 0.126 e. The van der Waals surface area contributed by atoms with Crippen LogP contribution in [0, 0.1) is 33.2 Å².